The Morgan fingerprint density at radius 3 is 1.30 bits per heavy atom. The van der Waals surface area contributed by atoms with E-state index in [0.29, 0.717) is 24.2 Å². The number of hydrogen-bond donors (Lipinski definition) is 0. The van der Waals surface area contributed by atoms with E-state index in [2.05, 4.69) is 99.3 Å². The predicted molar refractivity (Wildman–Crippen MR) is 120 cm³/mol. The number of fused-ring (bicyclic) bond motifs is 1. The van der Waals surface area contributed by atoms with Gasteiger partial charge in [-0.25, -0.2) is 0 Å². The largest absolute Gasteiger partial charge is 0.351 e. The SMILES string of the molecule is CC(C)N(CCN1CN(CCN(C(C)C)C(C)C)c2ccccc21)C(C)C. The lowest BCUT2D eigenvalue weighted by atomic mass is 10.2. The van der Waals surface area contributed by atoms with Gasteiger partial charge in [-0.05, 0) is 67.5 Å². The Morgan fingerprint density at radius 1 is 0.667 bits per heavy atom. The second kappa shape index (κ2) is 9.79. The number of hydrogen-bond acceptors (Lipinski definition) is 4. The van der Waals surface area contributed by atoms with E-state index in [9.17, 15) is 0 Å². The highest BCUT2D eigenvalue weighted by molar-refractivity contribution is 5.76. The van der Waals surface area contributed by atoms with Crippen molar-refractivity contribution in [3.63, 3.8) is 0 Å². The van der Waals surface area contributed by atoms with Crippen molar-refractivity contribution in [3.05, 3.63) is 24.3 Å². The molecule has 0 aliphatic carbocycles. The standard InChI is InChI=1S/C23H42N4/c1-18(2)26(19(3)4)15-13-24-17-25(23-12-10-9-11-22(23)24)14-16-27(20(5)6)21(7)8/h9-12,18-21H,13-17H2,1-8H3. The topological polar surface area (TPSA) is 13.0 Å². The maximum Gasteiger partial charge on any atom is 0.0905 e. The highest BCUT2D eigenvalue weighted by Gasteiger charge is 2.27. The zero-order valence-corrected chi connectivity index (χ0v) is 18.9. The van der Waals surface area contributed by atoms with Crippen LogP contribution in [0.5, 0.6) is 0 Å². The molecule has 0 aromatic heterocycles. The number of anilines is 2. The van der Waals surface area contributed by atoms with E-state index in [1.165, 1.54) is 11.4 Å². The first-order valence-corrected chi connectivity index (χ1v) is 10.8. The molecular formula is C23H42N4. The Morgan fingerprint density at radius 2 is 1.00 bits per heavy atom. The van der Waals surface area contributed by atoms with Gasteiger partial charge >= 0.3 is 0 Å². The lowest BCUT2D eigenvalue weighted by Gasteiger charge is -2.34. The predicted octanol–water partition coefficient (Wildman–Crippen LogP) is 4.51. The fourth-order valence-electron chi connectivity index (χ4n) is 4.44. The molecule has 4 heteroatoms. The Bertz CT molecular complexity index is 502. The van der Waals surface area contributed by atoms with Crippen LogP contribution < -0.4 is 9.80 Å². The first-order valence-electron chi connectivity index (χ1n) is 10.8. The molecule has 0 fully saturated rings. The molecule has 0 atom stereocenters. The Balaban J connectivity index is 2.04. The molecule has 154 valence electrons. The van der Waals surface area contributed by atoms with Gasteiger partial charge in [0, 0.05) is 50.3 Å². The average molecular weight is 375 g/mol. The van der Waals surface area contributed by atoms with Gasteiger partial charge in [0.25, 0.3) is 0 Å². The van der Waals surface area contributed by atoms with Gasteiger partial charge in [-0.15, -0.1) is 0 Å². The molecule has 0 unspecified atom stereocenters. The molecule has 0 N–H and O–H groups in total. The van der Waals surface area contributed by atoms with Crippen LogP contribution in [-0.2, 0) is 0 Å². The van der Waals surface area contributed by atoms with E-state index in [1.54, 1.807) is 0 Å². The summed E-state index contributed by atoms with van der Waals surface area (Å²) in [6.45, 7) is 23.8. The third-order valence-corrected chi connectivity index (χ3v) is 5.81. The van der Waals surface area contributed by atoms with E-state index in [1.807, 2.05) is 0 Å². The second-order valence-electron chi connectivity index (χ2n) is 9.01. The summed E-state index contributed by atoms with van der Waals surface area (Å²) in [4.78, 5) is 10.3. The summed E-state index contributed by atoms with van der Waals surface area (Å²) in [6, 6.07) is 11.3. The fourth-order valence-corrected chi connectivity index (χ4v) is 4.44. The normalized spacial score (nSPS) is 14.7. The van der Waals surface area contributed by atoms with Crippen molar-refractivity contribution in [2.75, 3.05) is 42.6 Å². The Hall–Kier alpha value is -1.26. The van der Waals surface area contributed by atoms with Crippen molar-refractivity contribution in [1.82, 2.24) is 9.80 Å². The van der Waals surface area contributed by atoms with Crippen LogP contribution in [0.25, 0.3) is 0 Å². The summed E-state index contributed by atoms with van der Waals surface area (Å²) in [7, 11) is 0. The first-order chi connectivity index (χ1) is 12.7. The summed E-state index contributed by atoms with van der Waals surface area (Å²) in [5.74, 6) is 0. The summed E-state index contributed by atoms with van der Waals surface area (Å²) < 4.78 is 0. The maximum absolute atomic E-state index is 2.59. The minimum Gasteiger partial charge on any atom is -0.351 e. The fraction of sp³-hybridized carbons (Fsp3) is 0.739. The van der Waals surface area contributed by atoms with Crippen LogP contribution >= 0.6 is 0 Å². The molecule has 1 aliphatic heterocycles. The zero-order chi connectivity index (χ0) is 20.1. The van der Waals surface area contributed by atoms with Crippen LogP contribution in [0.3, 0.4) is 0 Å². The van der Waals surface area contributed by atoms with Gasteiger partial charge in [0.15, 0.2) is 0 Å². The van der Waals surface area contributed by atoms with Gasteiger partial charge < -0.3 is 9.80 Å². The highest BCUT2D eigenvalue weighted by atomic mass is 15.4. The second-order valence-corrected chi connectivity index (χ2v) is 9.01. The van der Waals surface area contributed by atoms with Crippen LogP contribution in [0, 0.1) is 0 Å². The number of benzene rings is 1. The van der Waals surface area contributed by atoms with Crippen LogP contribution in [0.1, 0.15) is 55.4 Å². The van der Waals surface area contributed by atoms with Crippen LogP contribution in [-0.4, -0.2) is 66.8 Å². The number of nitrogens with zero attached hydrogens (tertiary/aromatic N) is 4. The van der Waals surface area contributed by atoms with E-state index in [-0.39, 0.29) is 0 Å². The molecule has 2 rings (SSSR count). The molecule has 0 saturated carbocycles. The molecule has 1 aliphatic rings. The van der Waals surface area contributed by atoms with Gasteiger partial charge in [0.1, 0.15) is 0 Å². The minimum atomic E-state index is 0.588. The molecule has 27 heavy (non-hydrogen) atoms. The lowest BCUT2D eigenvalue weighted by molar-refractivity contribution is 0.177. The van der Waals surface area contributed by atoms with Crippen molar-refractivity contribution in [3.8, 4) is 0 Å². The molecule has 0 saturated heterocycles. The highest BCUT2D eigenvalue weighted by Crippen LogP contribution is 2.35. The van der Waals surface area contributed by atoms with Crippen molar-refractivity contribution < 1.29 is 0 Å². The zero-order valence-electron chi connectivity index (χ0n) is 18.9. The van der Waals surface area contributed by atoms with Crippen LogP contribution in [0.2, 0.25) is 0 Å². The smallest absolute Gasteiger partial charge is 0.0905 e. The van der Waals surface area contributed by atoms with E-state index < -0.39 is 0 Å². The van der Waals surface area contributed by atoms with E-state index in [0.717, 1.165) is 32.8 Å². The van der Waals surface area contributed by atoms with Crippen LogP contribution in [0.15, 0.2) is 24.3 Å². The summed E-state index contributed by atoms with van der Waals surface area (Å²) in [5.41, 5.74) is 2.79. The lowest BCUT2D eigenvalue weighted by Crippen LogP contribution is -2.45. The minimum absolute atomic E-state index is 0.588. The molecule has 0 amide bonds. The van der Waals surface area contributed by atoms with Gasteiger partial charge in [0.2, 0.25) is 0 Å². The first kappa shape index (κ1) is 22.0. The molecule has 4 nitrogen and oxygen atoms in total. The summed E-state index contributed by atoms with van der Waals surface area (Å²) >= 11 is 0. The van der Waals surface area contributed by atoms with Crippen LogP contribution in [0.4, 0.5) is 11.4 Å². The van der Waals surface area contributed by atoms with Crippen molar-refractivity contribution >= 4 is 11.4 Å². The molecule has 1 aromatic rings. The monoisotopic (exact) mass is 374 g/mol. The molecule has 0 radical (unpaired) electrons. The molecule has 1 aromatic carbocycles. The summed E-state index contributed by atoms with van der Waals surface area (Å²) in [6.07, 6.45) is 0. The van der Waals surface area contributed by atoms with Crippen molar-refractivity contribution in [1.29, 1.82) is 0 Å². The molecule has 1 heterocycles. The number of rotatable bonds is 10. The number of para-hydroxylation sites is 2. The third-order valence-electron chi connectivity index (χ3n) is 5.81. The van der Waals surface area contributed by atoms with Crippen molar-refractivity contribution in [2.24, 2.45) is 0 Å². The summed E-state index contributed by atoms with van der Waals surface area (Å²) in [5, 5.41) is 0. The van der Waals surface area contributed by atoms with E-state index in [4.69, 9.17) is 0 Å². The van der Waals surface area contributed by atoms with Gasteiger partial charge in [0.05, 0.1) is 18.0 Å². The Labute approximate surface area is 168 Å². The average Bonchev–Trinajstić information content (AvgIpc) is 2.92. The van der Waals surface area contributed by atoms with E-state index >= 15 is 0 Å². The Kier molecular flexibility index (Phi) is 7.99. The third kappa shape index (κ3) is 5.61. The molecule has 0 bridgehead atoms. The quantitative estimate of drug-likeness (QED) is 0.597. The maximum atomic E-state index is 2.59. The van der Waals surface area contributed by atoms with Crippen molar-refractivity contribution in [2.45, 2.75) is 79.6 Å². The molecule has 0 spiro atoms. The van der Waals surface area contributed by atoms with Gasteiger partial charge in [-0.3, -0.25) is 9.80 Å². The van der Waals surface area contributed by atoms with Gasteiger partial charge in [-0.1, -0.05) is 12.1 Å². The molecular weight excluding hydrogens is 332 g/mol. The van der Waals surface area contributed by atoms with Gasteiger partial charge in [-0.2, -0.15) is 0 Å².